The highest BCUT2D eigenvalue weighted by atomic mass is 16.1. The topological polar surface area (TPSA) is 77.1 Å². The fourth-order valence-electron chi connectivity index (χ4n) is 1.38. The van der Waals surface area contributed by atoms with Gasteiger partial charge in [0.2, 0.25) is 5.91 Å². The second-order valence-electron chi connectivity index (χ2n) is 3.54. The van der Waals surface area contributed by atoms with Crippen molar-refractivity contribution in [2.75, 3.05) is 11.9 Å². The van der Waals surface area contributed by atoms with Gasteiger partial charge < -0.3 is 15.6 Å². The molecule has 88 valence electrons. The molecule has 1 rings (SSSR count). The third kappa shape index (κ3) is 3.51. The average Bonchev–Trinajstić information content (AvgIpc) is 2.24. The lowest BCUT2D eigenvalue weighted by atomic mass is 10.3. The van der Waals surface area contributed by atoms with Crippen LogP contribution in [0.25, 0.3) is 0 Å². The van der Waals surface area contributed by atoms with Crippen LogP contribution in [0.2, 0.25) is 0 Å². The van der Waals surface area contributed by atoms with Gasteiger partial charge in [0.15, 0.2) is 0 Å². The fraction of sp³-hybridized carbons (Fsp3) is 0.455. The van der Waals surface area contributed by atoms with Crippen molar-refractivity contribution in [1.82, 2.24) is 4.57 Å². The van der Waals surface area contributed by atoms with Crippen molar-refractivity contribution in [2.45, 2.75) is 26.3 Å². The van der Waals surface area contributed by atoms with Crippen molar-refractivity contribution in [2.24, 2.45) is 5.73 Å². The normalized spacial score (nSPS) is 10.1. The van der Waals surface area contributed by atoms with Gasteiger partial charge in [0, 0.05) is 31.8 Å². The van der Waals surface area contributed by atoms with Gasteiger partial charge in [0.05, 0.1) is 5.69 Å². The summed E-state index contributed by atoms with van der Waals surface area (Å²) < 4.78 is 1.58. The molecule has 0 aromatic carbocycles. The van der Waals surface area contributed by atoms with Crippen molar-refractivity contribution in [3.63, 3.8) is 0 Å². The van der Waals surface area contributed by atoms with E-state index in [1.807, 2.05) is 6.92 Å². The van der Waals surface area contributed by atoms with E-state index in [4.69, 9.17) is 5.73 Å². The van der Waals surface area contributed by atoms with Crippen LogP contribution in [0.3, 0.4) is 0 Å². The van der Waals surface area contributed by atoms with Gasteiger partial charge in [-0.1, -0.05) is 6.92 Å². The summed E-state index contributed by atoms with van der Waals surface area (Å²) in [7, 11) is 0. The molecular weight excluding hydrogens is 206 g/mol. The molecule has 16 heavy (non-hydrogen) atoms. The van der Waals surface area contributed by atoms with Crippen LogP contribution in [-0.2, 0) is 11.3 Å². The van der Waals surface area contributed by atoms with Crippen LogP contribution < -0.4 is 16.6 Å². The number of rotatable bonds is 5. The third-order valence-corrected chi connectivity index (χ3v) is 2.10. The van der Waals surface area contributed by atoms with E-state index in [9.17, 15) is 9.59 Å². The molecule has 0 bridgehead atoms. The number of nitrogens with one attached hydrogen (secondary N) is 1. The zero-order valence-electron chi connectivity index (χ0n) is 9.40. The summed E-state index contributed by atoms with van der Waals surface area (Å²) in [4.78, 5) is 22.7. The van der Waals surface area contributed by atoms with Crippen LogP contribution in [-0.4, -0.2) is 17.0 Å². The second-order valence-corrected chi connectivity index (χ2v) is 3.54. The molecule has 0 aliphatic heterocycles. The van der Waals surface area contributed by atoms with E-state index in [2.05, 4.69) is 5.32 Å². The summed E-state index contributed by atoms with van der Waals surface area (Å²) in [5.74, 6) is -0.135. The Morgan fingerprint density at radius 2 is 2.25 bits per heavy atom. The molecule has 1 heterocycles. The van der Waals surface area contributed by atoms with Gasteiger partial charge in [0.1, 0.15) is 0 Å². The number of nitrogens with zero attached hydrogens (tertiary/aromatic N) is 1. The number of hydrogen-bond acceptors (Lipinski definition) is 3. The van der Waals surface area contributed by atoms with Crippen LogP contribution in [0.5, 0.6) is 0 Å². The fourth-order valence-corrected chi connectivity index (χ4v) is 1.38. The summed E-state index contributed by atoms with van der Waals surface area (Å²) >= 11 is 0. The SMILES string of the molecule is CCCn1cc(NC(=O)CCN)ccc1=O. The van der Waals surface area contributed by atoms with E-state index in [1.165, 1.54) is 6.07 Å². The number of amides is 1. The number of anilines is 1. The Morgan fingerprint density at radius 1 is 1.50 bits per heavy atom. The first-order chi connectivity index (χ1) is 7.67. The molecule has 0 radical (unpaired) electrons. The molecule has 0 saturated carbocycles. The molecule has 0 unspecified atom stereocenters. The minimum Gasteiger partial charge on any atom is -0.330 e. The van der Waals surface area contributed by atoms with Gasteiger partial charge in [-0.2, -0.15) is 0 Å². The van der Waals surface area contributed by atoms with Gasteiger partial charge in [-0.3, -0.25) is 9.59 Å². The lowest BCUT2D eigenvalue weighted by molar-refractivity contribution is -0.116. The van der Waals surface area contributed by atoms with Crippen molar-refractivity contribution in [3.8, 4) is 0 Å². The average molecular weight is 223 g/mol. The highest BCUT2D eigenvalue weighted by Gasteiger charge is 2.02. The van der Waals surface area contributed by atoms with Gasteiger partial charge in [-0.25, -0.2) is 0 Å². The first-order valence-electron chi connectivity index (χ1n) is 5.37. The van der Waals surface area contributed by atoms with E-state index in [0.717, 1.165) is 6.42 Å². The van der Waals surface area contributed by atoms with Crippen LogP contribution in [0, 0.1) is 0 Å². The minimum absolute atomic E-state index is 0.0568. The van der Waals surface area contributed by atoms with E-state index >= 15 is 0 Å². The molecule has 0 spiro atoms. The Bertz CT molecular complexity index is 412. The summed E-state index contributed by atoms with van der Waals surface area (Å²) in [5.41, 5.74) is 5.84. The number of aromatic nitrogens is 1. The summed E-state index contributed by atoms with van der Waals surface area (Å²) in [6.45, 7) is 2.96. The van der Waals surface area contributed by atoms with E-state index in [1.54, 1.807) is 16.8 Å². The highest BCUT2D eigenvalue weighted by molar-refractivity contribution is 5.90. The van der Waals surface area contributed by atoms with Crippen LogP contribution in [0.4, 0.5) is 5.69 Å². The molecule has 1 aromatic rings. The number of nitrogens with two attached hydrogens (primary N) is 1. The Labute approximate surface area is 94.3 Å². The Morgan fingerprint density at radius 3 is 2.88 bits per heavy atom. The first-order valence-corrected chi connectivity index (χ1v) is 5.37. The first kappa shape index (κ1) is 12.4. The lowest BCUT2D eigenvalue weighted by Crippen LogP contribution is -2.21. The molecule has 1 amide bonds. The largest absolute Gasteiger partial charge is 0.330 e. The molecule has 5 heteroatoms. The maximum Gasteiger partial charge on any atom is 0.250 e. The molecule has 0 aliphatic rings. The van der Waals surface area contributed by atoms with E-state index in [-0.39, 0.29) is 17.9 Å². The standard InChI is InChI=1S/C11H17N3O2/c1-2-7-14-8-9(3-4-11(14)16)13-10(15)5-6-12/h3-4,8H,2,5-7,12H2,1H3,(H,13,15). The predicted octanol–water partition coefficient (Wildman–Crippen LogP) is 0.546. The van der Waals surface area contributed by atoms with E-state index < -0.39 is 0 Å². The maximum absolute atomic E-state index is 11.4. The van der Waals surface area contributed by atoms with Crippen molar-refractivity contribution >= 4 is 11.6 Å². The molecule has 0 aliphatic carbocycles. The minimum atomic E-state index is -0.135. The van der Waals surface area contributed by atoms with Crippen molar-refractivity contribution in [3.05, 3.63) is 28.7 Å². The maximum atomic E-state index is 11.4. The van der Waals surface area contributed by atoms with Gasteiger partial charge in [-0.15, -0.1) is 0 Å². The van der Waals surface area contributed by atoms with Crippen LogP contribution >= 0.6 is 0 Å². The van der Waals surface area contributed by atoms with Crippen LogP contribution in [0.1, 0.15) is 19.8 Å². The monoisotopic (exact) mass is 223 g/mol. The number of hydrogen-bond donors (Lipinski definition) is 2. The summed E-state index contributed by atoms with van der Waals surface area (Å²) in [6.07, 6.45) is 2.81. The predicted molar refractivity (Wildman–Crippen MR) is 63.3 cm³/mol. The second kappa shape index (κ2) is 6.07. The summed E-state index contributed by atoms with van der Waals surface area (Å²) in [6, 6.07) is 3.05. The van der Waals surface area contributed by atoms with Crippen LogP contribution in [0.15, 0.2) is 23.1 Å². The highest BCUT2D eigenvalue weighted by Crippen LogP contribution is 2.04. The van der Waals surface area contributed by atoms with E-state index in [0.29, 0.717) is 18.8 Å². The molecule has 0 fully saturated rings. The molecule has 1 aromatic heterocycles. The van der Waals surface area contributed by atoms with Crippen molar-refractivity contribution < 1.29 is 4.79 Å². The lowest BCUT2D eigenvalue weighted by Gasteiger charge is -2.08. The zero-order valence-corrected chi connectivity index (χ0v) is 9.40. The summed E-state index contributed by atoms with van der Waals surface area (Å²) in [5, 5.41) is 2.69. The smallest absolute Gasteiger partial charge is 0.250 e. The number of aryl methyl sites for hydroxylation is 1. The zero-order chi connectivity index (χ0) is 12.0. The Hall–Kier alpha value is -1.62. The third-order valence-electron chi connectivity index (χ3n) is 2.10. The van der Waals surface area contributed by atoms with Gasteiger partial charge >= 0.3 is 0 Å². The van der Waals surface area contributed by atoms with Gasteiger partial charge in [0.25, 0.3) is 5.56 Å². The number of carbonyl (C=O) groups excluding carboxylic acids is 1. The molecule has 5 nitrogen and oxygen atoms in total. The van der Waals surface area contributed by atoms with Crippen molar-refractivity contribution in [1.29, 1.82) is 0 Å². The Kier molecular flexibility index (Phi) is 4.72. The molecule has 3 N–H and O–H groups in total. The number of pyridine rings is 1. The Balaban J connectivity index is 2.78. The molecular formula is C11H17N3O2. The molecule has 0 atom stereocenters. The number of carbonyl (C=O) groups is 1. The quantitative estimate of drug-likeness (QED) is 0.765. The van der Waals surface area contributed by atoms with Gasteiger partial charge in [-0.05, 0) is 12.5 Å². The molecule has 0 saturated heterocycles.